The molecule has 0 saturated heterocycles. The van der Waals surface area contributed by atoms with Crippen molar-refractivity contribution in [3.63, 3.8) is 0 Å². The van der Waals surface area contributed by atoms with E-state index in [-0.39, 0.29) is 64.3 Å². The van der Waals surface area contributed by atoms with Crippen LogP contribution in [0.5, 0.6) is 11.5 Å². The fourth-order valence-corrected chi connectivity index (χ4v) is 7.07. The van der Waals surface area contributed by atoms with Gasteiger partial charge in [-0.25, -0.2) is 0 Å². The smallest absolute Gasteiger partial charge is 0.309 e. The SMILES string of the molecule is COc1cc(C#N)c(OC2CCC(C)(C(=O)O)CC2)cc1C(=O)N[C@@H]1[C@H]2CC[C@H](C2)[C@@H]1C(=O)NCc1cccc(C)c1. The third kappa shape index (κ3) is 5.94. The van der Waals surface area contributed by atoms with Gasteiger partial charge >= 0.3 is 5.97 Å². The molecule has 3 aliphatic carbocycles. The van der Waals surface area contributed by atoms with Crippen LogP contribution in [0, 0.1) is 41.4 Å². The van der Waals surface area contributed by atoms with E-state index in [9.17, 15) is 24.8 Å². The van der Waals surface area contributed by atoms with Gasteiger partial charge in [-0.2, -0.15) is 5.26 Å². The largest absolute Gasteiger partial charge is 0.496 e. The maximum absolute atomic E-state index is 13.7. The van der Waals surface area contributed by atoms with Gasteiger partial charge in [-0.05, 0) is 82.3 Å². The minimum absolute atomic E-state index is 0.0459. The summed E-state index contributed by atoms with van der Waals surface area (Å²) in [4.78, 5) is 38.8. The number of nitrogens with one attached hydrogen (secondary N) is 2. The van der Waals surface area contributed by atoms with Crippen LogP contribution in [0.25, 0.3) is 0 Å². The van der Waals surface area contributed by atoms with Crippen molar-refractivity contribution < 1.29 is 29.0 Å². The number of ether oxygens (including phenoxy) is 2. The van der Waals surface area contributed by atoms with Crippen LogP contribution in [0.2, 0.25) is 0 Å². The first-order valence-electron chi connectivity index (χ1n) is 14.8. The van der Waals surface area contributed by atoms with Crippen molar-refractivity contribution in [3.8, 4) is 17.6 Å². The molecule has 222 valence electrons. The van der Waals surface area contributed by atoms with Gasteiger partial charge in [-0.15, -0.1) is 0 Å². The lowest BCUT2D eigenvalue weighted by Crippen LogP contribution is -2.49. The van der Waals surface area contributed by atoms with E-state index in [0.29, 0.717) is 32.2 Å². The van der Waals surface area contributed by atoms with Gasteiger partial charge in [0.25, 0.3) is 5.91 Å². The number of nitriles is 1. The van der Waals surface area contributed by atoms with Crippen molar-refractivity contribution in [1.29, 1.82) is 5.26 Å². The molecule has 42 heavy (non-hydrogen) atoms. The highest BCUT2D eigenvalue weighted by atomic mass is 16.5. The van der Waals surface area contributed by atoms with Crippen LogP contribution in [-0.4, -0.2) is 42.1 Å². The van der Waals surface area contributed by atoms with E-state index in [1.807, 2.05) is 25.1 Å². The molecule has 0 spiro atoms. The van der Waals surface area contributed by atoms with Gasteiger partial charge in [0.2, 0.25) is 5.91 Å². The van der Waals surface area contributed by atoms with E-state index in [1.165, 1.54) is 19.2 Å². The number of aryl methyl sites for hydroxylation is 1. The Hall–Kier alpha value is -4.06. The molecular weight excluding hydrogens is 534 g/mol. The highest BCUT2D eigenvalue weighted by Crippen LogP contribution is 2.49. The van der Waals surface area contributed by atoms with Crippen LogP contribution in [0.1, 0.15) is 78.9 Å². The number of hydrogen-bond donors (Lipinski definition) is 3. The lowest BCUT2D eigenvalue weighted by Gasteiger charge is -2.34. The quantitative estimate of drug-likeness (QED) is 0.394. The number of methoxy groups -OCH3 is 1. The topological polar surface area (TPSA) is 138 Å². The Morgan fingerprint density at radius 2 is 1.81 bits per heavy atom. The molecule has 2 bridgehead atoms. The summed E-state index contributed by atoms with van der Waals surface area (Å²) in [6.07, 6.45) is 4.58. The average molecular weight is 574 g/mol. The molecule has 2 aromatic carbocycles. The van der Waals surface area contributed by atoms with Gasteiger partial charge < -0.3 is 25.2 Å². The third-order valence-corrected chi connectivity index (χ3v) is 9.58. The van der Waals surface area contributed by atoms with E-state index in [4.69, 9.17) is 9.47 Å². The second kappa shape index (κ2) is 12.0. The lowest BCUT2D eigenvalue weighted by atomic mass is 9.75. The molecule has 2 aromatic rings. The van der Waals surface area contributed by atoms with Crippen molar-refractivity contribution in [2.45, 2.75) is 77.5 Å². The molecule has 3 aliphatic rings. The zero-order valence-electron chi connectivity index (χ0n) is 24.4. The number of amides is 2. The number of nitrogens with zero attached hydrogens (tertiary/aromatic N) is 1. The number of carbonyl (C=O) groups is 3. The predicted octanol–water partition coefficient (Wildman–Crippen LogP) is 4.75. The van der Waals surface area contributed by atoms with E-state index in [2.05, 4.69) is 22.8 Å². The Labute approximate surface area is 246 Å². The molecule has 3 N–H and O–H groups in total. The van der Waals surface area contributed by atoms with Gasteiger partial charge in [-0.1, -0.05) is 29.8 Å². The zero-order chi connectivity index (χ0) is 30.0. The lowest BCUT2D eigenvalue weighted by molar-refractivity contribution is -0.150. The molecule has 0 unspecified atom stereocenters. The fraction of sp³-hybridized carbons (Fsp3) is 0.515. The zero-order valence-corrected chi connectivity index (χ0v) is 24.4. The first-order valence-corrected chi connectivity index (χ1v) is 14.8. The van der Waals surface area contributed by atoms with Crippen molar-refractivity contribution in [3.05, 3.63) is 58.7 Å². The van der Waals surface area contributed by atoms with Gasteiger partial charge in [-0.3, -0.25) is 14.4 Å². The molecule has 9 heteroatoms. The Bertz CT molecular complexity index is 1410. The maximum Gasteiger partial charge on any atom is 0.309 e. The summed E-state index contributed by atoms with van der Waals surface area (Å²) in [6, 6.07) is 12.9. The molecule has 0 aliphatic heterocycles. The first kappa shape index (κ1) is 29.4. The van der Waals surface area contributed by atoms with Gasteiger partial charge in [0.1, 0.15) is 17.6 Å². The molecule has 4 atom stereocenters. The first-order chi connectivity index (χ1) is 20.1. The number of benzene rings is 2. The number of carboxylic acids is 1. The van der Waals surface area contributed by atoms with Crippen LogP contribution in [0.15, 0.2) is 36.4 Å². The predicted molar refractivity (Wildman–Crippen MR) is 155 cm³/mol. The maximum atomic E-state index is 13.7. The minimum atomic E-state index is -0.815. The van der Waals surface area contributed by atoms with Crippen LogP contribution in [0.4, 0.5) is 0 Å². The Balaban J connectivity index is 1.31. The minimum Gasteiger partial charge on any atom is -0.496 e. The molecule has 0 heterocycles. The van der Waals surface area contributed by atoms with Gasteiger partial charge in [0.05, 0.1) is 35.7 Å². The summed E-state index contributed by atoms with van der Waals surface area (Å²) >= 11 is 0. The van der Waals surface area contributed by atoms with Crippen molar-refractivity contribution in [2.24, 2.45) is 23.2 Å². The molecule has 0 aromatic heterocycles. The summed E-state index contributed by atoms with van der Waals surface area (Å²) < 4.78 is 11.7. The summed E-state index contributed by atoms with van der Waals surface area (Å²) in [5.41, 5.74) is 1.86. The molecule has 0 radical (unpaired) electrons. The van der Waals surface area contributed by atoms with E-state index in [1.54, 1.807) is 6.92 Å². The molecule has 5 rings (SSSR count). The van der Waals surface area contributed by atoms with Crippen LogP contribution in [-0.2, 0) is 16.1 Å². The number of hydrogen-bond acceptors (Lipinski definition) is 6. The number of carboxylic acid groups (broad SMARTS) is 1. The van der Waals surface area contributed by atoms with Gasteiger partial charge in [0.15, 0.2) is 0 Å². The third-order valence-electron chi connectivity index (χ3n) is 9.58. The molecule has 3 saturated carbocycles. The number of aliphatic carboxylic acids is 1. The molecular formula is C33H39N3O6. The standard InChI is InChI=1S/C33H39N3O6/c1-19-5-4-6-20(13-19)18-35-31(38)28-21-7-8-22(14-21)29(28)36-30(37)25-16-26(23(17-34)15-27(25)41-3)42-24-9-11-33(2,12-10-24)32(39)40/h4-6,13,15-16,21-22,24,28-29H,7-12,14,18H2,1-3H3,(H,35,38)(H,36,37)(H,39,40)/t21-,22+,24?,28+,29-,33?/m1/s1. The fourth-order valence-electron chi connectivity index (χ4n) is 7.07. The normalized spacial score (nSPS) is 28.0. The van der Waals surface area contributed by atoms with E-state index >= 15 is 0 Å². The second-order valence-electron chi connectivity index (χ2n) is 12.4. The van der Waals surface area contributed by atoms with E-state index in [0.717, 1.165) is 30.4 Å². The summed E-state index contributed by atoms with van der Waals surface area (Å²) in [6.45, 7) is 4.20. The second-order valence-corrected chi connectivity index (χ2v) is 12.4. The number of rotatable bonds is 9. The van der Waals surface area contributed by atoms with Crippen LogP contribution >= 0.6 is 0 Å². The Morgan fingerprint density at radius 1 is 1.07 bits per heavy atom. The summed E-state index contributed by atoms with van der Waals surface area (Å²) in [5, 5.41) is 25.6. The van der Waals surface area contributed by atoms with E-state index < -0.39 is 11.4 Å². The Morgan fingerprint density at radius 3 is 2.48 bits per heavy atom. The summed E-state index contributed by atoms with van der Waals surface area (Å²) in [5.74, 6) is -0.585. The monoisotopic (exact) mass is 573 g/mol. The average Bonchev–Trinajstić information content (AvgIpc) is 3.59. The summed E-state index contributed by atoms with van der Waals surface area (Å²) in [7, 11) is 1.45. The van der Waals surface area contributed by atoms with Crippen molar-refractivity contribution in [2.75, 3.05) is 7.11 Å². The molecule has 9 nitrogen and oxygen atoms in total. The van der Waals surface area contributed by atoms with Crippen molar-refractivity contribution >= 4 is 17.8 Å². The highest BCUT2D eigenvalue weighted by Gasteiger charge is 2.51. The van der Waals surface area contributed by atoms with Gasteiger partial charge in [0, 0.05) is 18.7 Å². The number of fused-ring (bicyclic) bond motifs is 2. The van der Waals surface area contributed by atoms with Crippen molar-refractivity contribution in [1.82, 2.24) is 10.6 Å². The Kier molecular flexibility index (Phi) is 8.44. The molecule has 2 amide bonds. The number of carbonyl (C=O) groups excluding carboxylic acids is 2. The van der Waals surface area contributed by atoms with Crippen LogP contribution < -0.4 is 20.1 Å². The highest BCUT2D eigenvalue weighted by molar-refractivity contribution is 5.98. The molecule has 3 fully saturated rings. The van der Waals surface area contributed by atoms with Crippen LogP contribution in [0.3, 0.4) is 0 Å².